The van der Waals surface area contributed by atoms with E-state index in [1.54, 1.807) is 25.3 Å². The second-order valence-corrected chi connectivity index (χ2v) is 7.30. The Morgan fingerprint density at radius 3 is 2.44 bits per heavy atom. The molecule has 0 bridgehead atoms. The Balaban J connectivity index is 2.02. The molecule has 32 heavy (non-hydrogen) atoms. The fraction of sp³-hybridized carbons (Fsp3) is 0.182. The first-order valence-corrected chi connectivity index (χ1v) is 9.45. The number of nitrogens with zero attached hydrogens (tertiary/aromatic N) is 4. The van der Waals surface area contributed by atoms with Gasteiger partial charge in [-0.2, -0.15) is 13.2 Å². The number of aliphatic imine (C=N–C) groups is 1. The Morgan fingerprint density at radius 2 is 1.81 bits per heavy atom. The molecule has 3 heterocycles. The fourth-order valence-corrected chi connectivity index (χ4v) is 3.73. The van der Waals surface area contributed by atoms with Gasteiger partial charge in [-0.25, -0.2) is 9.38 Å². The first kappa shape index (κ1) is 21.4. The van der Waals surface area contributed by atoms with Crippen molar-refractivity contribution in [3.8, 4) is 11.1 Å². The van der Waals surface area contributed by atoms with E-state index in [1.165, 1.54) is 25.2 Å². The molecule has 2 N–H and O–H groups in total. The largest absolute Gasteiger partial charge is 0.433 e. The monoisotopic (exact) mass is 443 g/mol. The van der Waals surface area contributed by atoms with Crippen LogP contribution in [-0.4, -0.2) is 33.8 Å². The average molecular weight is 443 g/mol. The van der Waals surface area contributed by atoms with Crippen molar-refractivity contribution in [2.24, 2.45) is 10.7 Å². The number of hydrogen-bond acceptors (Lipinski definition) is 5. The maximum Gasteiger partial charge on any atom is 0.433 e. The Kier molecular flexibility index (Phi) is 4.95. The molecule has 0 saturated heterocycles. The van der Waals surface area contributed by atoms with Crippen molar-refractivity contribution >= 4 is 11.9 Å². The van der Waals surface area contributed by atoms with E-state index in [1.807, 2.05) is 0 Å². The third-order valence-electron chi connectivity index (χ3n) is 5.38. The number of pyridine rings is 2. The van der Waals surface area contributed by atoms with Gasteiger partial charge in [-0.3, -0.25) is 19.7 Å². The van der Waals surface area contributed by atoms with Crippen molar-refractivity contribution in [2.75, 3.05) is 7.05 Å². The number of halogens is 4. The quantitative estimate of drug-likeness (QED) is 0.627. The Hall–Kier alpha value is -3.82. The van der Waals surface area contributed by atoms with Gasteiger partial charge in [0, 0.05) is 36.3 Å². The van der Waals surface area contributed by atoms with Gasteiger partial charge in [-0.05, 0) is 48.4 Å². The second kappa shape index (κ2) is 7.40. The molecule has 2 aromatic heterocycles. The highest BCUT2D eigenvalue weighted by Crippen LogP contribution is 2.43. The van der Waals surface area contributed by atoms with Crippen molar-refractivity contribution in [1.29, 1.82) is 0 Å². The first-order valence-electron chi connectivity index (χ1n) is 9.45. The highest BCUT2D eigenvalue weighted by molar-refractivity contribution is 6.09. The molecule has 0 aliphatic carbocycles. The zero-order valence-corrected chi connectivity index (χ0v) is 17.0. The highest BCUT2D eigenvalue weighted by atomic mass is 19.4. The van der Waals surface area contributed by atoms with Crippen LogP contribution in [0, 0.1) is 12.7 Å². The number of aryl methyl sites for hydroxylation is 1. The van der Waals surface area contributed by atoms with E-state index in [0.29, 0.717) is 22.9 Å². The summed E-state index contributed by atoms with van der Waals surface area (Å²) in [5, 5.41) is 0. The zero-order chi connectivity index (χ0) is 23.3. The zero-order valence-electron chi connectivity index (χ0n) is 17.0. The van der Waals surface area contributed by atoms with Crippen LogP contribution in [0.5, 0.6) is 0 Å². The number of likely N-dealkylation sites (N-methyl/N-ethyl adjacent to an activating group) is 1. The summed E-state index contributed by atoms with van der Waals surface area (Å²) in [6.07, 6.45) is -2.27. The number of alkyl halides is 3. The summed E-state index contributed by atoms with van der Waals surface area (Å²) in [6, 6.07) is 9.38. The summed E-state index contributed by atoms with van der Waals surface area (Å²) in [7, 11) is 1.32. The smallest absolute Gasteiger partial charge is 0.369 e. The molecule has 0 fully saturated rings. The summed E-state index contributed by atoms with van der Waals surface area (Å²) in [6.45, 7) is 1.76. The Morgan fingerprint density at radius 1 is 1.06 bits per heavy atom. The molecule has 10 heteroatoms. The van der Waals surface area contributed by atoms with Crippen molar-refractivity contribution in [3.63, 3.8) is 0 Å². The molecule has 1 aliphatic heterocycles. The third-order valence-corrected chi connectivity index (χ3v) is 5.38. The van der Waals surface area contributed by atoms with Crippen LogP contribution in [0.4, 0.5) is 17.6 Å². The maximum absolute atomic E-state index is 15.2. The van der Waals surface area contributed by atoms with Crippen LogP contribution in [0.1, 0.15) is 22.5 Å². The first-order chi connectivity index (χ1) is 15.1. The van der Waals surface area contributed by atoms with Crippen molar-refractivity contribution in [1.82, 2.24) is 14.9 Å². The van der Waals surface area contributed by atoms with E-state index in [9.17, 15) is 18.0 Å². The van der Waals surface area contributed by atoms with E-state index in [2.05, 4.69) is 15.0 Å². The van der Waals surface area contributed by atoms with Gasteiger partial charge in [0.15, 0.2) is 11.5 Å². The van der Waals surface area contributed by atoms with Gasteiger partial charge in [0.2, 0.25) is 0 Å². The normalized spacial score (nSPS) is 18.8. The standard InChI is InChI=1S/C22H17F4N5O/c1-12-15(4-3-8-28-12)13-5-6-17(23)16(10-13)21(19(32)31(2)20(27)30-21)14-7-9-29-18(11-14)22(24,25)26/h3-11H,1-2H3,(H2,27,30). The SMILES string of the molecule is Cc1ncccc1-c1ccc(F)c(C2(c3ccnc(C(F)(F)F)c3)N=C(N)N(C)C2=O)c1. The van der Waals surface area contributed by atoms with E-state index in [-0.39, 0.29) is 17.1 Å². The van der Waals surface area contributed by atoms with Crippen LogP contribution in [-0.2, 0) is 16.5 Å². The number of rotatable bonds is 3. The van der Waals surface area contributed by atoms with Gasteiger partial charge in [0.25, 0.3) is 5.91 Å². The molecule has 164 valence electrons. The number of carbonyl (C=O) groups excluding carboxylic acids is 1. The van der Waals surface area contributed by atoms with Gasteiger partial charge in [-0.1, -0.05) is 12.1 Å². The lowest BCUT2D eigenvalue weighted by Gasteiger charge is -2.27. The number of hydrogen-bond donors (Lipinski definition) is 1. The predicted molar refractivity (Wildman–Crippen MR) is 109 cm³/mol. The number of aromatic nitrogens is 2. The minimum Gasteiger partial charge on any atom is -0.369 e. The molecule has 0 radical (unpaired) electrons. The predicted octanol–water partition coefficient (Wildman–Crippen LogP) is 3.64. The third kappa shape index (κ3) is 3.28. The topological polar surface area (TPSA) is 84.5 Å². The Labute approximate surface area is 180 Å². The van der Waals surface area contributed by atoms with Gasteiger partial charge in [0.1, 0.15) is 11.5 Å². The molecule has 1 atom stereocenters. The molecule has 1 unspecified atom stereocenters. The molecule has 1 amide bonds. The van der Waals surface area contributed by atoms with Gasteiger partial charge in [-0.15, -0.1) is 0 Å². The molecule has 0 spiro atoms. The number of guanidine groups is 1. The molecule has 0 saturated carbocycles. The number of benzene rings is 1. The van der Waals surface area contributed by atoms with E-state index in [0.717, 1.165) is 17.2 Å². The van der Waals surface area contributed by atoms with Crippen LogP contribution >= 0.6 is 0 Å². The maximum atomic E-state index is 15.2. The van der Waals surface area contributed by atoms with Crippen LogP contribution in [0.3, 0.4) is 0 Å². The number of amides is 1. The average Bonchev–Trinajstić information content (AvgIpc) is 2.99. The van der Waals surface area contributed by atoms with Crippen LogP contribution in [0.25, 0.3) is 11.1 Å². The van der Waals surface area contributed by atoms with Crippen molar-refractivity contribution in [2.45, 2.75) is 18.6 Å². The molecule has 3 aromatic rings. The van der Waals surface area contributed by atoms with Crippen molar-refractivity contribution < 1.29 is 22.4 Å². The fourth-order valence-electron chi connectivity index (χ4n) is 3.73. The summed E-state index contributed by atoms with van der Waals surface area (Å²) >= 11 is 0. The Bertz CT molecular complexity index is 1260. The lowest BCUT2D eigenvalue weighted by molar-refractivity contribution is -0.141. The molecule has 6 nitrogen and oxygen atoms in total. The van der Waals surface area contributed by atoms with Crippen LogP contribution in [0.15, 0.2) is 59.9 Å². The molecule has 1 aliphatic rings. The van der Waals surface area contributed by atoms with E-state index in [4.69, 9.17) is 5.73 Å². The van der Waals surface area contributed by atoms with Crippen molar-refractivity contribution in [3.05, 3.63) is 83.2 Å². The van der Waals surface area contributed by atoms with Gasteiger partial charge in [0.05, 0.1) is 0 Å². The summed E-state index contributed by atoms with van der Waals surface area (Å²) in [5.74, 6) is -1.85. The van der Waals surface area contributed by atoms with Gasteiger partial charge >= 0.3 is 6.18 Å². The highest BCUT2D eigenvalue weighted by Gasteiger charge is 2.52. The van der Waals surface area contributed by atoms with Gasteiger partial charge < -0.3 is 5.73 Å². The van der Waals surface area contributed by atoms with E-state index < -0.39 is 29.1 Å². The summed E-state index contributed by atoms with van der Waals surface area (Å²) in [5.41, 5.74) is 3.90. The lowest BCUT2D eigenvalue weighted by atomic mass is 9.81. The van der Waals surface area contributed by atoms with Crippen LogP contribution < -0.4 is 5.73 Å². The molecular formula is C22H17F4N5O. The summed E-state index contributed by atoms with van der Waals surface area (Å²) in [4.78, 5) is 26.0. The van der Waals surface area contributed by atoms with Crippen LogP contribution in [0.2, 0.25) is 0 Å². The minimum atomic E-state index is -4.77. The number of nitrogens with two attached hydrogens (primary N) is 1. The number of carbonyl (C=O) groups is 1. The second-order valence-electron chi connectivity index (χ2n) is 7.30. The molecule has 4 rings (SSSR count). The minimum absolute atomic E-state index is 0.198. The molecular weight excluding hydrogens is 426 g/mol. The lowest BCUT2D eigenvalue weighted by Crippen LogP contribution is -2.41. The molecule has 1 aromatic carbocycles. The van der Waals surface area contributed by atoms with E-state index >= 15 is 4.39 Å². The summed E-state index contributed by atoms with van der Waals surface area (Å²) < 4.78 is 55.2.